The first-order chi connectivity index (χ1) is 7.91. The Kier molecular flexibility index (Phi) is 4.55. The number of sulfonamides is 1. The number of carboxylic acid groups (broad SMARTS) is 1. The molecule has 0 bridgehead atoms. The Labute approximate surface area is 98.7 Å². The fourth-order valence-electron chi connectivity index (χ4n) is 1.06. The van der Waals surface area contributed by atoms with Gasteiger partial charge in [-0.25, -0.2) is 13.1 Å². The van der Waals surface area contributed by atoms with E-state index in [9.17, 15) is 13.2 Å². The first-order valence-corrected chi connectivity index (χ1v) is 6.40. The lowest BCUT2D eigenvalue weighted by molar-refractivity contribution is -0.137. The Balaban J connectivity index is 2.54. The molecule has 0 unspecified atom stereocenters. The zero-order chi connectivity index (χ0) is 12.9. The van der Waals surface area contributed by atoms with Crippen LogP contribution in [0.2, 0.25) is 0 Å². The summed E-state index contributed by atoms with van der Waals surface area (Å²) >= 11 is 0. The van der Waals surface area contributed by atoms with Crippen molar-refractivity contribution in [2.45, 2.75) is 12.6 Å². The Morgan fingerprint density at radius 2 is 2.29 bits per heavy atom. The lowest BCUT2D eigenvalue weighted by atomic mass is 10.3. The molecule has 0 spiro atoms. The third kappa shape index (κ3) is 4.89. The van der Waals surface area contributed by atoms with Crippen molar-refractivity contribution in [2.24, 2.45) is 5.73 Å². The zero-order valence-electron chi connectivity index (χ0n) is 8.91. The van der Waals surface area contributed by atoms with E-state index in [4.69, 9.17) is 10.8 Å². The number of rotatable bonds is 6. The molecule has 0 saturated heterocycles. The average molecular weight is 259 g/mol. The normalized spacial score (nSPS) is 13.2. The van der Waals surface area contributed by atoms with Crippen molar-refractivity contribution in [3.8, 4) is 0 Å². The molecule has 1 aromatic rings. The van der Waals surface area contributed by atoms with Crippen LogP contribution >= 0.6 is 0 Å². The molecule has 1 heterocycles. The third-order valence-electron chi connectivity index (χ3n) is 1.94. The quantitative estimate of drug-likeness (QED) is 0.596. The van der Waals surface area contributed by atoms with E-state index in [0.29, 0.717) is 5.56 Å². The minimum atomic E-state index is -3.71. The number of hydrogen-bond acceptors (Lipinski definition) is 5. The summed E-state index contributed by atoms with van der Waals surface area (Å²) in [6, 6.07) is 1.95. The second-order valence-electron chi connectivity index (χ2n) is 3.41. The number of aromatic nitrogens is 1. The van der Waals surface area contributed by atoms with E-state index in [1.54, 1.807) is 18.3 Å². The number of nitrogens with one attached hydrogen (secondary N) is 1. The summed E-state index contributed by atoms with van der Waals surface area (Å²) in [4.78, 5) is 14.2. The summed E-state index contributed by atoms with van der Waals surface area (Å²) in [5.74, 6) is -2.00. The molecule has 8 heteroatoms. The molecule has 1 atom stereocenters. The monoisotopic (exact) mass is 259 g/mol. The van der Waals surface area contributed by atoms with Crippen molar-refractivity contribution in [1.82, 2.24) is 9.71 Å². The molecule has 94 valence electrons. The van der Waals surface area contributed by atoms with Crippen LogP contribution in [0.5, 0.6) is 0 Å². The molecule has 0 radical (unpaired) electrons. The van der Waals surface area contributed by atoms with Crippen LogP contribution in [0.25, 0.3) is 0 Å². The Hall–Kier alpha value is -1.51. The van der Waals surface area contributed by atoms with Gasteiger partial charge in [-0.1, -0.05) is 6.07 Å². The van der Waals surface area contributed by atoms with Crippen LogP contribution in [0.3, 0.4) is 0 Å². The van der Waals surface area contributed by atoms with Gasteiger partial charge in [0.1, 0.15) is 6.04 Å². The van der Waals surface area contributed by atoms with Crippen LogP contribution < -0.4 is 10.5 Å². The number of aliphatic carboxylic acids is 1. The van der Waals surface area contributed by atoms with Crippen molar-refractivity contribution in [3.63, 3.8) is 0 Å². The molecule has 1 rings (SSSR count). The van der Waals surface area contributed by atoms with E-state index in [0.717, 1.165) is 0 Å². The highest BCUT2D eigenvalue weighted by Crippen LogP contribution is 1.97. The summed E-state index contributed by atoms with van der Waals surface area (Å²) in [7, 11) is -3.71. The molecule has 0 amide bonds. The third-order valence-corrected chi connectivity index (χ3v) is 3.32. The van der Waals surface area contributed by atoms with Crippen LogP contribution in [0.15, 0.2) is 24.5 Å². The molecule has 0 saturated carbocycles. The largest absolute Gasteiger partial charge is 0.480 e. The second-order valence-corrected chi connectivity index (χ2v) is 5.26. The summed E-state index contributed by atoms with van der Waals surface area (Å²) in [5, 5.41) is 8.50. The van der Waals surface area contributed by atoms with E-state index in [1.165, 1.54) is 6.20 Å². The van der Waals surface area contributed by atoms with Crippen molar-refractivity contribution in [3.05, 3.63) is 30.1 Å². The van der Waals surface area contributed by atoms with Gasteiger partial charge in [0.15, 0.2) is 0 Å². The van der Waals surface area contributed by atoms with E-state index < -0.39 is 27.8 Å². The van der Waals surface area contributed by atoms with Gasteiger partial charge in [-0.15, -0.1) is 0 Å². The van der Waals surface area contributed by atoms with Gasteiger partial charge in [-0.2, -0.15) is 0 Å². The van der Waals surface area contributed by atoms with Gasteiger partial charge in [-0.3, -0.25) is 9.78 Å². The van der Waals surface area contributed by atoms with E-state index in [-0.39, 0.29) is 6.54 Å². The summed E-state index contributed by atoms with van der Waals surface area (Å²) < 4.78 is 25.1. The Bertz CT molecular complexity index is 474. The highest BCUT2D eigenvalue weighted by Gasteiger charge is 2.20. The van der Waals surface area contributed by atoms with Crippen LogP contribution in [-0.2, 0) is 21.4 Å². The maximum absolute atomic E-state index is 11.4. The van der Waals surface area contributed by atoms with Gasteiger partial charge >= 0.3 is 5.97 Å². The molecule has 0 aromatic carbocycles. The maximum Gasteiger partial charge on any atom is 0.321 e. The molecule has 1 aromatic heterocycles. The van der Waals surface area contributed by atoms with Gasteiger partial charge in [0.25, 0.3) is 0 Å². The molecule has 0 aliphatic heterocycles. The summed E-state index contributed by atoms with van der Waals surface area (Å²) in [6.45, 7) is 0.0580. The molecule has 0 aliphatic carbocycles. The first kappa shape index (κ1) is 13.6. The predicted octanol–water partition coefficient (Wildman–Crippen LogP) is -1.09. The van der Waals surface area contributed by atoms with E-state index in [2.05, 4.69) is 9.71 Å². The smallest absolute Gasteiger partial charge is 0.321 e. The summed E-state index contributed by atoms with van der Waals surface area (Å²) in [6.07, 6.45) is 3.08. The van der Waals surface area contributed by atoms with Crippen LogP contribution in [-0.4, -0.2) is 36.3 Å². The van der Waals surface area contributed by atoms with Gasteiger partial charge in [0, 0.05) is 18.9 Å². The molecule has 4 N–H and O–H groups in total. The van der Waals surface area contributed by atoms with Crippen molar-refractivity contribution >= 4 is 16.0 Å². The topological polar surface area (TPSA) is 122 Å². The lowest BCUT2D eigenvalue weighted by Crippen LogP contribution is -2.41. The minimum absolute atomic E-state index is 0.0580. The highest BCUT2D eigenvalue weighted by atomic mass is 32.2. The zero-order valence-corrected chi connectivity index (χ0v) is 9.72. The van der Waals surface area contributed by atoms with Crippen molar-refractivity contribution in [2.75, 3.05) is 5.75 Å². The van der Waals surface area contributed by atoms with Gasteiger partial charge in [-0.05, 0) is 11.6 Å². The molecule has 17 heavy (non-hydrogen) atoms. The summed E-state index contributed by atoms with van der Waals surface area (Å²) in [5.41, 5.74) is 5.82. The van der Waals surface area contributed by atoms with Crippen LogP contribution in [0.4, 0.5) is 0 Å². The van der Waals surface area contributed by atoms with Gasteiger partial charge in [0.05, 0.1) is 5.75 Å². The molecule has 0 aliphatic rings. The van der Waals surface area contributed by atoms with E-state index >= 15 is 0 Å². The Morgan fingerprint density at radius 3 is 2.82 bits per heavy atom. The second kappa shape index (κ2) is 5.71. The number of hydrogen-bond donors (Lipinski definition) is 3. The predicted molar refractivity (Wildman–Crippen MR) is 60.5 cm³/mol. The molecular weight excluding hydrogens is 246 g/mol. The van der Waals surface area contributed by atoms with E-state index in [1.807, 2.05) is 0 Å². The van der Waals surface area contributed by atoms with Crippen molar-refractivity contribution in [1.29, 1.82) is 0 Å². The van der Waals surface area contributed by atoms with Crippen molar-refractivity contribution < 1.29 is 18.3 Å². The van der Waals surface area contributed by atoms with Crippen LogP contribution in [0.1, 0.15) is 5.56 Å². The number of carbonyl (C=O) groups is 1. The lowest BCUT2D eigenvalue weighted by Gasteiger charge is -2.09. The number of carboxylic acids is 1. The SMILES string of the molecule is N[C@@H](CS(=O)(=O)NCc1cccnc1)C(=O)O. The highest BCUT2D eigenvalue weighted by molar-refractivity contribution is 7.89. The molecular formula is C9H13N3O4S. The fraction of sp³-hybridized carbons (Fsp3) is 0.333. The van der Waals surface area contributed by atoms with Gasteiger partial charge < -0.3 is 10.8 Å². The van der Waals surface area contributed by atoms with Crippen LogP contribution in [0, 0.1) is 0 Å². The van der Waals surface area contributed by atoms with Gasteiger partial charge in [0.2, 0.25) is 10.0 Å². The first-order valence-electron chi connectivity index (χ1n) is 4.75. The maximum atomic E-state index is 11.4. The minimum Gasteiger partial charge on any atom is -0.480 e. The fourth-order valence-corrected chi connectivity index (χ4v) is 2.18. The Morgan fingerprint density at radius 1 is 1.59 bits per heavy atom. The molecule has 0 fully saturated rings. The standard InChI is InChI=1S/C9H13N3O4S/c10-8(9(13)14)6-17(15,16)12-5-7-2-1-3-11-4-7/h1-4,8,12H,5-6,10H2,(H,13,14)/t8-/m0/s1. The number of nitrogens with zero attached hydrogens (tertiary/aromatic N) is 1. The number of pyridine rings is 1. The molecule has 7 nitrogen and oxygen atoms in total. The number of nitrogens with two attached hydrogens (primary N) is 1. The average Bonchev–Trinajstić information content (AvgIpc) is 2.27.